The Morgan fingerprint density at radius 2 is 0.879 bits per heavy atom. The molecule has 1 saturated carbocycles. The van der Waals surface area contributed by atoms with Gasteiger partial charge in [-0.2, -0.15) is 0 Å². The molecular formula is C44H83O13P. The number of aliphatic hydroxyl groups excluding tert-OH is 5. The third kappa shape index (κ3) is 27.4. The lowest BCUT2D eigenvalue weighted by Crippen LogP contribution is -2.64. The summed E-state index contributed by atoms with van der Waals surface area (Å²) in [6, 6.07) is 0. The van der Waals surface area contributed by atoms with Crippen molar-refractivity contribution in [1.29, 1.82) is 0 Å². The van der Waals surface area contributed by atoms with E-state index in [9.17, 15) is 44.6 Å². The summed E-state index contributed by atoms with van der Waals surface area (Å²) in [7, 11) is -5.11. The van der Waals surface area contributed by atoms with E-state index < -0.39 is 75.7 Å². The molecule has 58 heavy (non-hydrogen) atoms. The molecule has 6 unspecified atom stereocenters. The Kier molecular flexibility index (Phi) is 33.2. The zero-order valence-corrected chi connectivity index (χ0v) is 37.0. The molecule has 13 nitrogen and oxygen atoms in total. The second kappa shape index (κ2) is 35.2. The van der Waals surface area contributed by atoms with Crippen LogP contribution >= 0.6 is 7.82 Å². The summed E-state index contributed by atoms with van der Waals surface area (Å²) in [5, 5.41) is 50.0. The summed E-state index contributed by atoms with van der Waals surface area (Å²) < 4.78 is 33.4. The molecule has 0 bridgehead atoms. The molecule has 14 heteroatoms. The van der Waals surface area contributed by atoms with Crippen molar-refractivity contribution >= 4 is 19.8 Å². The highest BCUT2D eigenvalue weighted by molar-refractivity contribution is 7.47. The number of carbonyl (C=O) groups is 2. The van der Waals surface area contributed by atoms with Gasteiger partial charge in [-0.25, -0.2) is 4.57 Å². The van der Waals surface area contributed by atoms with E-state index in [1.54, 1.807) is 0 Å². The van der Waals surface area contributed by atoms with Crippen LogP contribution in [-0.2, 0) is 32.7 Å². The molecule has 0 aromatic heterocycles. The number of hydrogen-bond acceptors (Lipinski definition) is 12. The van der Waals surface area contributed by atoms with Crippen LogP contribution in [0.25, 0.3) is 0 Å². The van der Waals surface area contributed by atoms with Gasteiger partial charge >= 0.3 is 19.8 Å². The maximum absolute atomic E-state index is 12.8. The number of rotatable bonds is 38. The van der Waals surface area contributed by atoms with E-state index in [0.29, 0.717) is 12.8 Å². The van der Waals surface area contributed by atoms with Crippen molar-refractivity contribution < 1.29 is 63.1 Å². The van der Waals surface area contributed by atoms with Crippen molar-refractivity contribution in [3.05, 3.63) is 12.2 Å². The Labute approximate surface area is 350 Å². The Morgan fingerprint density at radius 3 is 1.31 bits per heavy atom. The van der Waals surface area contributed by atoms with E-state index in [2.05, 4.69) is 26.0 Å². The number of allylic oxidation sites excluding steroid dienone is 2. The first-order chi connectivity index (χ1) is 27.9. The fraction of sp³-hybridized carbons (Fsp3) is 0.909. The fourth-order valence-corrected chi connectivity index (χ4v) is 8.08. The average Bonchev–Trinajstić information content (AvgIpc) is 3.20. The summed E-state index contributed by atoms with van der Waals surface area (Å²) in [5.41, 5.74) is 0. The van der Waals surface area contributed by atoms with Gasteiger partial charge in [-0.1, -0.05) is 161 Å². The van der Waals surface area contributed by atoms with Gasteiger partial charge in [0.05, 0.1) is 6.61 Å². The lowest BCUT2D eigenvalue weighted by atomic mass is 9.85. The number of aliphatic hydroxyl groups is 5. The molecule has 0 amide bonds. The molecule has 0 spiro atoms. The number of unbranched alkanes of at least 4 members (excludes halogenated alkanes) is 24. The summed E-state index contributed by atoms with van der Waals surface area (Å²) in [6.45, 7) is 3.26. The minimum absolute atomic E-state index is 0.1000. The third-order valence-corrected chi connectivity index (χ3v) is 11.8. The molecule has 342 valence electrons. The van der Waals surface area contributed by atoms with Crippen LogP contribution in [0.1, 0.15) is 200 Å². The Bertz CT molecular complexity index is 1080. The highest BCUT2D eigenvalue weighted by Gasteiger charge is 2.51. The maximum atomic E-state index is 12.8. The number of phosphoric acid groups is 1. The molecule has 1 fully saturated rings. The van der Waals surface area contributed by atoms with Crippen molar-refractivity contribution in [2.75, 3.05) is 13.2 Å². The lowest BCUT2D eigenvalue weighted by molar-refractivity contribution is -0.220. The Balaban J connectivity index is 2.37. The Hall–Kier alpha value is -1.41. The molecule has 6 N–H and O–H groups in total. The maximum Gasteiger partial charge on any atom is 0.472 e. The number of hydrogen-bond donors (Lipinski definition) is 6. The first-order valence-electron chi connectivity index (χ1n) is 23.0. The van der Waals surface area contributed by atoms with Gasteiger partial charge in [0.2, 0.25) is 0 Å². The predicted octanol–water partition coefficient (Wildman–Crippen LogP) is 8.67. The summed E-state index contributed by atoms with van der Waals surface area (Å²) >= 11 is 0. The van der Waals surface area contributed by atoms with Crippen LogP contribution < -0.4 is 0 Å². The standard InChI is InChI=1S/C44H83O13P/c1-3-5-7-9-11-13-14-15-16-17-18-19-20-21-22-23-24-25-27-29-31-33-38(46)56-36(34-54-37(45)32-30-28-26-12-10-8-6-4-2)35-55-58(52,53)57-44-42(50)40(48)39(47)41(49)43(44)51/h15-16,36,39-44,47-51H,3-14,17-35H2,1-2H3,(H,52,53)/b16-15+/t36-,39?,40+,41?,42?,43?,44?/m1/s1. The summed E-state index contributed by atoms with van der Waals surface area (Å²) in [6.07, 6.45) is 23.0. The third-order valence-electron chi connectivity index (χ3n) is 10.9. The van der Waals surface area contributed by atoms with Crippen molar-refractivity contribution in [2.45, 2.75) is 243 Å². The van der Waals surface area contributed by atoms with Gasteiger partial charge in [-0.15, -0.1) is 0 Å². The number of ether oxygens (including phenoxy) is 2. The van der Waals surface area contributed by atoms with Crippen LogP contribution in [0.3, 0.4) is 0 Å². The van der Waals surface area contributed by atoms with E-state index in [-0.39, 0.29) is 12.8 Å². The van der Waals surface area contributed by atoms with Gasteiger partial charge in [0.15, 0.2) is 6.10 Å². The monoisotopic (exact) mass is 851 g/mol. The van der Waals surface area contributed by atoms with E-state index in [4.69, 9.17) is 18.5 Å². The van der Waals surface area contributed by atoms with Crippen molar-refractivity contribution in [2.24, 2.45) is 0 Å². The van der Waals surface area contributed by atoms with Crippen LogP contribution in [0.5, 0.6) is 0 Å². The predicted molar refractivity (Wildman–Crippen MR) is 226 cm³/mol. The fourth-order valence-electron chi connectivity index (χ4n) is 7.11. The van der Waals surface area contributed by atoms with Crippen LogP contribution in [0.4, 0.5) is 0 Å². The molecule has 8 atom stereocenters. The van der Waals surface area contributed by atoms with Crippen molar-refractivity contribution in [3.8, 4) is 0 Å². The topological polar surface area (TPSA) is 210 Å². The van der Waals surface area contributed by atoms with Crippen LogP contribution in [-0.4, -0.2) is 98.3 Å². The average molecular weight is 851 g/mol. The van der Waals surface area contributed by atoms with Gasteiger partial charge in [-0.3, -0.25) is 18.6 Å². The van der Waals surface area contributed by atoms with E-state index >= 15 is 0 Å². The van der Waals surface area contributed by atoms with E-state index in [1.165, 1.54) is 116 Å². The van der Waals surface area contributed by atoms with Gasteiger partial charge in [-0.05, 0) is 38.5 Å². The zero-order chi connectivity index (χ0) is 42.9. The summed E-state index contributed by atoms with van der Waals surface area (Å²) in [5.74, 6) is -1.10. The van der Waals surface area contributed by atoms with E-state index in [0.717, 1.165) is 44.9 Å². The van der Waals surface area contributed by atoms with E-state index in [1.807, 2.05) is 0 Å². The van der Waals surface area contributed by atoms with Gasteiger partial charge in [0, 0.05) is 12.8 Å². The SMILES string of the molecule is CCCCCCCC/C=C/CCCCCCCCCCCCCC(=O)O[C@H](COC(=O)CCCCCCCCCC)COP(=O)(O)OC1C(O)C(O)C(O)[C@H](O)C1O. The lowest BCUT2D eigenvalue weighted by Gasteiger charge is -2.41. The first kappa shape index (κ1) is 54.6. The van der Waals surface area contributed by atoms with Gasteiger partial charge < -0.3 is 39.9 Å². The molecular weight excluding hydrogens is 767 g/mol. The minimum Gasteiger partial charge on any atom is -0.462 e. The second-order valence-electron chi connectivity index (χ2n) is 16.3. The summed E-state index contributed by atoms with van der Waals surface area (Å²) in [4.78, 5) is 35.5. The molecule has 0 saturated heterocycles. The first-order valence-corrected chi connectivity index (χ1v) is 24.5. The Morgan fingerprint density at radius 1 is 0.517 bits per heavy atom. The second-order valence-corrected chi connectivity index (χ2v) is 17.7. The van der Waals surface area contributed by atoms with Crippen LogP contribution in [0.2, 0.25) is 0 Å². The normalized spacial score (nSPS) is 22.6. The van der Waals surface area contributed by atoms with Gasteiger partial charge in [0.25, 0.3) is 0 Å². The van der Waals surface area contributed by atoms with Crippen LogP contribution in [0, 0.1) is 0 Å². The molecule has 1 aliphatic carbocycles. The molecule has 0 aromatic carbocycles. The minimum atomic E-state index is -5.11. The highest BCUT2D eigenvalue weighted by Crippen LogP contribution is 2.47. The smallest absolute Gasteiger partial charge is 0.462 e. The van der Waals surface area contributed by atoms with Crippen molar-refractivity contribution in [1.82, 2.24) is 0 Å². The number of esters is 2. The highest BCUT2D eigenvalue weighted by atomic mass is 31.2. The molecule has 0 aliphatic heterocycles. The molecule has 0 aromatic rings. The van der Waals surface area contributed by atoms with Crippen LogP contribution in [0.15, 0.2) is 12.2 Å². The molecule has 0 radical (unpaired) electrons. The quantitative estimate of drug-likeness (QED) is 0.0149. The molecule has 1 rings (SSSR count). The van der Waals surface area contributed by atoms with Gasteiger partial charge in [0.1, 0.15) is 43.2 Å². The zero-order valence-electron chi connectivity index (χ0n) is 36.1. The number of carbonyl (C=O) groups excluding carboxylic acids is 2. The number of phosphoric ester groups is 1. The molecule has 0 heterocycles. The van der Waals surface area contributed by atoms with Crippen molar-refractivity contribution in [3.63, 3.8) is 0 Å². The molecule has 1 aliphatic rings. The largest absolute Gasteiger partial charge is 0.472 e.